The molecule has 0 aromatic carbocycles. The van der Waals surface area contributed by atoms with Crippen LogP contribution in [0.25, 0.3) is 0 Å². The van der Waals surface area contributed by atoms with Gasteiger partial charge >= 0.3 is 29.6 Å². The molecule has 0 saturated carbocycles. The third kappa shape index (κ3) is 18.9. The Balaban J connectivity index is 0. The van der Waals surface area contributed by atoms with Crippen LogP contribution in [0.5, 0.6) is 0 Å². The molecule has 0 bridgehead atoms. The third-order valence-corrected chi connectivity index (χ3v) is 5.88. The minimum atomic E-state index is -4.81. The van der Waals surface area contributed by atoms with Gasteiger partial charge in [-0.3, -0.25) is 4.18 Å². The number of unbranched alkanes of at least 4 members (excludes halogenated alkanes) is 9. The van der Waals surface area contributed by atoms with Crippen LogP contribution in [0.1, 0.15) is 71.1 Å². The monoisotopic (exact) mass is 366 g/mol. The maximum Gasteiger partial charge on any atom is 1.00 e. The van der Waals surface area contributed by atoms with Gasteiger partial charge in [0.1, 0.15) is 10.1 Å². The average Bonchev–Trinajstić information content (AvgIpc) is 2.33. The topological polar surface area (TPSA) is 101 Å². The summed E-state index contributed by atoms with van der Waals surface area (Å²) in [4.78, 5) is 0. The molecule has 6 nitrogen and oxygen atoms in total. The van der Waals surface area contributed by atoms with Crippen molar-refractivity contribution in [2.24, 2.45) is 0 Å². The van der Waals surface area contributed by atoms with E-state index in [4.69, 9.17) is 0 Å². The van der Waals surface area contributed by atoms with Crippen LogP contribution in [0.2, 0.25) is 0 Å². The molecule has 0 aliphatic carbocycles. The van der Waals surface area contributed by atoms with E-state index in [-0.39, 0.29) is 36.2 Å². The summed E-state index contributed by atoms with van der Waals surface area (Å²) in [7, 11) is -9.06. The largest absolute Gasteiger partial charge is 1.00 e. The van der Waals surface area contributed by atoms with Crippen LogP contribution in [-0.4, -0.2) is 33.1 Å². The summed E-state index contributed by atoms with van der Waals surface area (Å²) in [5, 5.41) is -1.49. The maximum atomic E-state index is 11.1. The van der Waals surface area contributed by atoms with Crippen molar-refractivity contribution < 1.29 is 55.1 Å². The molecular formula is C13H27NaO6S2. The minimum Gasteiger partial charge on any atom is -0.747 e. The van der Waals surface area contributed by atoms with E-state index in [1.54, 1.807) is 0 Å². The van der Waals surface area contributed by atoms with E-state index in [1.807, 2.05) is 0 Å². The van der Waals surface area contributed by atoms with Gasteiger partial charge in [-0.2, -0.15) is 8.42 Å². The first-order valence-electron chi connectivity index (χ1n) is 7.57. The SMILES string of the molecule is CCCCCCCCCCCCOS(=O)(=O)CS(=O)(=O)[O-].[Na+]. The molecule has 0 radical (unpaired) electrons. The van der Waals surface area contributed by atoms with Gasteiger partial charge in [-0.05, 0) is 6.42 Å². The van der Waals surface area contributed by atoms with Gasteiger partial charge in [-0.15, -0.1) is 0 Å². The molecule has 0 saturated heterocycles. The second-order valence-corrected chi connectivity index (χ2v) is 8.65. The molecule has 0 aliphatic heterocycles. The Kier molecular flexibility index (Phi) is 16.2. The van der Waals surface area contributed by atoms with E-state index in [1.165, 1.54) is 38.5 Å². The summed E-state index contributed by atoms with van der Waals surface area (Å²) in [6.45, 7) is 2.13. The first kappa shape index (κ1) is 25.1. The zero-order valence-corrected chi connectivity index (χ0v) is 17.4. The Morgan fingerprint density at radius 1 is 0.773 bits per heavy atom. The van der Waals surface area contributed by atoms with E-state index in [0.717, 1.165) is 19.3 Å². The van der Waals surface area contributed by atoms with Crippen molar-refractivity contribution in [2.45, 2.75) is 71.1 Å². The summed E-state index contributed by atoms with van der Waals surface area (Å²) in [5.74, 6) is 0. The number of hydrogen-bond donors (Lipinski definition) is 0. The molecule has 0 atom stereocenters. The molecule has 0 spiro atoms. The predicted octanol–water partition coefficient (Wildman–Crippen LogP) is -0.240. The quantitative estimate of drug-likeness (QED) is 0.182. The Bertz CT molecular complexity index is 447. The summed E-state index contributed by atoms with van der Waals surface area (Å²) in [6, 6.07) is 0. The van der Waals surface area contributed by atoms with E-state index in [9.17, 15) is 21.4 Å². The van der Waals surface area contributed by atoms with Crippen LogP contribution in [0, 0.1) is 0 Å². The van der Waals surface area contributed by atoms with Gasteiger partial charge in [0.05, 0.1) is 6.61 Å². The van der Waals surface area contributed by atoms with Crippen LogP contribution in [0.3, 0.4) is 0 Å². The first-order chi connectivity index (χ1) is 9.77. The van der Waals surface area contributed by atoms with Gasteiger partial charge in [0.25, 0.3) is 10.1 Å². The second kappa shape index (κ2) is 14.2. The van der Waals surface area contributed by atoms with E-state index < -0.39 is 25.3 Å². The van der Waals surface area contributed by atoms with Gasteiger partial charge in [0.2, 0.25) is 0 Å². The smallest absolute Gasteiger partial charge is 0.747 e. The van der Waals surface area contributed by atoms with Gasteiger partial charge in [0, 0.05) is 0 Å². The Hall–Kier alpha value is 0.820. The van der Waals surface area contributed by atoms with Crippen LogP contribution in [0.4, 0.5) is 0 Å². The molecule has 0 amide bonds. The average molecular weight is 366 g/mol. The molecule has 22 heavy (non-hydrogen) atoms. The Labute approximate surface area is 157 Å². The molecular weight excluding hydrogens is 339 g/mol. The van der Waals surface area contributed by atoms with Crippen molar-refractivity contribution in [3.63, 3.8) is 0 Å². The van der Waals surface area contributed by atoms with Crippen LogP contribution in [0.15, 0.2) is 0 Å². The summed E-state index contributed by atoms with van der Waals surface area (Å²) in [5.41, 5.74) is 0. The van der Waals surface area contributed by atoms with Crippen LogP contribution < -0.4 is 29.6 Å². The number of rotatable bonds is 14. The first-order valence-corrected chi connectivity index (χ1v) is 10.7. The maximum absolute atomic E-state index is 11.1. The van der Waals surface area contributed by atoms with E-state index in [0.29, 0.717) is 6.42 Å². The van der Waals surface area contributed by atoms with E-state index >= 15 is 0 Å². The summed E-state index contributed by atoms with van der Waals surface area (Å²) >= 11 is 0. The van der Waals surface area contributed by atoms with Crippen molar-refractivity contribution in [3.05, 3.63) is 0 Å². The van der Waals surface area contributed by atoms with Crippen molar-refractivity contribution in [1.29, 1.82) is 0 Å². The fourth-order valence-corrected chi connectivity index (χ4v) is 4.04. The van der Waals surface area contributed by atoms with Crippen molar-refractivity contribution >= 4 is 20.2 Å². The van der Waals surface area contributed by atoms with E-state index in [2.05, 4.69) is 11.1 Å². The molecule has 9 heteroatoms. The third-order valence-electron chi connectivity index (χ3n) is 3.05. The minimum absolute atomic E-state index is 0. The van der Waals surface area contributed by atoms with Crippen LogP contribution in [-0.2, 0) is 24.4 Å². The van der Waals surface area contributed by atoms with Gasteiger partial charge in [-0.25, -0.2) is 8.42 Å². The molecule has 0 heterocycles. The molecule has 0 fully saturated rings. The molecule has 0 N–H and O–H groups in total. The normalized spacial score (nSPS) is 12.1. The predicted molar refractivity (Wildman–Crippen MR) is 81.3 cm³/mol. The van der Waals surface area contributed by atoms with Gasteiger partial charge < -0.3 is 4.55 Å². The fraction of sp³-hybridized carbons (Fsp3) is 1.00. The summed E-state index contributed by atoms with van der Waals surface area (Å²) in [6.07, 6.45) is 11.1. The fourth-order valence-electron chi connectivity index (χ4n) is 1.99. The van der Waals surface area contributed by atoms with Crippen molar-refractivity contribution in [1.82, 2.24) is 0 Å². The zero-order valence-electron chi connectivity index (χ0n) is 13.8. The molecule has 0 unspecified atom stereocenters. The van der Waals surface area contributed by atoms with Crippen molar-refractivity contribution in [3.8, 4) is 0 Å². The summed E-state index contributed by atoms with van der Waals surface area (Å²) < 4.78 is 57.7. The van der Waals surface area contributed by atoms with Gasteiger partial charge in [0.15, 0.2) is 5.08 Å². The molecule has 0 aliphatic rings. The Morgan fingerprint density at radius 3 is 1.59 bits per heavy atom. The standard InChI is InChI=1S/C13H28O6S2.Na/c1-2-3-4-5-6-7-8-9-10-11-12-19-21(17,18)13-20(14,15)16;/h2-13H2,1H3,(H,14,15,16);/q;+1/p-1. The van der Waals surface area contributed by atoms with Crippen molar-refractivity contribution in [2.75, 3.05) is 11.7 Å². The van der Waals surface area contributed by atoms with Gasteiger partial charge in [-0.1, -0.05) is 64.7 Å². The number of hydrogen-bond acceptors (Lipinski definition) is 6. The molecule has 0 aromatic rings. The van der Waals surface area contributed by atoms with Crippen LogP contribution >= 0.6 is 0 Å². The second-order valence-electron chi connectivity index (χ2n) is 5.24. The molecule has 128 valence electrons. The molecule has 0 rings (SSSR count). The Morgan fingerprint density at radius 2 is 1.18 bits per heavy atom. The zero-order chi connectivity index (χ0) is 16.2. The molecule has 0 aromatic heterocycles.